The van der Waals surface area contributed by atoms with Gasteiger partial charge in [0.25, 0.3) is 0 Å². The number of benzene rings is 1. The summed E-state index contributed by atoms with van der Waals surface area (Å²) in [4.78, 5) is 19.1. The molecule has 1 aromatic carbocycles. The van der Waals surface area contributed by atoms with E-state index in [1.165, 1.54) is 17.5 Å². The number of hydrogen-bond donors (Lipinski definition) is 1. The Balaban J connectivity index is 0.00000225. The van der Waals surface area contributed by atoms with E-state index < -0.39 is 0 Å². The molecular weight excluding hydrogens is 338 g/mol. The van der Waals surface area contributed by atoms with Crippen LogP contribution in [0, 0.1) is 13.8 Å². The summed E-state index contributed by atoms with van der Waals surface area (Å²) in [7, 11) is 0. The molecule has 134 valence electrons. The molecular formula is C19H24ClN3O2. The van der Waals surface area contributed by atoms with E-state index in [1.807, 2.05) is 6.92 Å². The molecule has 1 saturated heterocycles. The number of aryl methyl sites for hydroxylation is 1. The summed E-state index contributed by atoms with van der Waals surface area (Å²) in [5.41, 5.74) is 3.71. The van der Waals surface area contributed by atoms with Gasteiger partial charge in [0.15, 0.2) is 6.29 Å². The summed E-state index contributed by atoms with van der Waals surface area (Å²) in [6.07, 6.45) is 5.69. The standard InChI is InChI=1S/C19H23N3O2.ClH/c1-13-6-8-15(9-7-13)18-5-3-4-16(24-18)10-20-19-14(2)17(11-23)21-12-22-19;/h6-9,11-12,16,18H,3-5,10H2,1-2H3,(H,20,21,22);1H/t16-,18+;/m1./s1. The molecule has 0 bridgehead atoms. The van der Waals surface area contributed by atoms with Crippen LogP contribution in [-0.4, -0.2) is 28.9 Å². The van der Waals surface area contributed by atoms with Crippen LogP contribution in [0.2, 0.25) is 0 Å². The molecule has 0 spiro atoms. The summed E-state index contributed by atoms with van der Waals surface area (Å²) in [6.45, 7) is 4.62. The van der Waals surface area contributed by atoms with Gasteiger partial charge in [0.05, 0.1) is 12.2 Å². The molecule has 2 heterocycles. The molecule has 0 radical (unpaired) electrons. The van der Waals surface area contributed by atoms with Crippen LogP contribution >= 0.6 is 12.4 Å². The van der Waals surface area contributed by atoms with Crippen molar-refractivity contribution >= 4 is 24.5 Å². The Morgan fingerprint density at radius 3 is 2.68 bits per heavy atom. The van der Waals surface area contributed by atoms with Crippen LogP contribution in [0.25, 0.3) is 0 Å². The molecule has 25 heavy (non-hydrogen) atoms. The Hall–Kier alpha value is -1.98. The maximum atomic E-state index is 11.0. The van der Waals surface area contributed by atoms with Crippen LogP contribution in [0.5, 0.6) is 0 Å². The van der Waals surface area contributed by atoms with Crippen molar-refractivity contribution in [3.8, 4) is 0 Å². The first-order valence-corrected chi connectivity index (χ1v) is 8.40. The molecule has 1 aliphatic rings. The van der Waals surface area contributed by atoms with Gasteiger partial charge in [-0.3, -0.25) is 4.79 Å². The molecule has 0 aliphatic carbocycles. The lowest BCUT2D eigenvalue weighted by atomic mass is 9.97. The summed E-state index contributed by atoms with van der Waals surface area (Å²) in [6, 6.07) is 8.57. The first-order chi connectivity index (χ1) is 11.7. The monoisotopic (exact) mass is 361 g/mol. The van der Waals surface area contributed by atoms with Crippen LogP contribution in [0.3, 0.4) is 0 Å². The molecule has 5 nitrogen and oxygen atoms in total. The minimum absolute atomic E-state index is 0. The Bertz CT molecular complexity index is 706. The predicted molar refractivity (Wildman–Crippen MR) is 101 cm³/mol. The summed E-state index contributed by atoms with van der Waals surface area (Å²) < 4.78 is 6.26. The number of hydrogen-bond acceptors (Lipinski definition) is 5. The van der Waals surface area contributed by atoms with Crippen molar-refractivity contribution < 1.29 is 9.53 Å². The number of nitrogens with zero attached hydrogens (tertiary/aromatic N) is 2. The molecule has 1 N–H and O–H groups in total. The van der Waals surface area contributed by atoms with Gasteiger partial charge >= 0.3 is 0 Å². The second kappa shape index (κ2) is 8.92. The fourth-order valence-electron chi connectivity index (χ4n) is 3.05. The predicted octanol–water partition coefficient (Wildman–Crippen LogP) is 4.05. The van der Waals surface area contributed by atoms with Gasteiger partial charge in [-0.05, 0) is 38.7 Å². The number of rotatable bonds is 5. The van der Waals surface area contributed by atoms with E-state index in [2.05, 4.69) is 46.5 Å². The molecule has 1 fully saturated rings. The zero-order valence-corrected chi connectivity index (χ0v) is 15.4. The van der Waals surface area contributed by atoms with Gasteiger partial charge in [-0.1, -0.05) is 29.8 Å². The third-order valence-electron chi connectivity index (χ3n) is 4.53. The topological polar surface area (TPSA) is 64.1 Å². The number of aromatic nitrogens is 2. The normalized spacial score (nSPS) is 19.8. The highest BCUT2D eigenvalue weighted by molar-refractivity contribution is 5.85. The van der Waals surface area contributed by atoms with E-state index in [0.29, 0.717) is 18.1 Å². The molecule has 2 aromatic rings. The van der Waals surface area contributed by atoms with Gasteiger partial charge in [0.1, 0.15) is 17.8 Å². The zero-order chi connectivity index (χ0) is 16.9. The van der Waals surface area contributed by atoms with E-state index in [4.69, 9.17) is 4.74 Å². The highest BCUT2D eigenvalue weighted by Gasteiger charge is 2.23. The Morgan fingerprint density at radius 2 is 1.96 bits per heavy atom. The molecule has 2 atom stereocenters. The van der Waals surface area contributed by atoms with Crippen LogP contribution in [-0.2, 0) is 4.74 Å². The van der Waals surface area contributed by atoms with E-state index in [0.717, 1.165) is 31.1 Å². The van der Waals surface area contributed by atoms with Crippen LogP contribution in [0.15, 0.2) is 30.6 Å². The second-order valence-electron chi connectivity index (χ2n) is 6.32. The molecule has 0 amide bonds. The van der Waals surface area contributed by atoms with Crippen LogP contribution < -0.4 is 5.32 Å². The SMILES string of the molecule is Cc1ccc([C@@H]2CCC[C@H](CNc3ncnc(C=O)c3C)O2)cc1.Cl. The van der Waals surface area contributed by atoms with Crippen molar-refractivity contribution in [3.05, 3.63) is 53.0 Å². The Labute approximate surface area is 154 Å². The summed E-state index contributed by atoms with van der Waals surface area (Å²) >= 11 is 0. The van der Waals surface area contributed by atoms with Gasteiger partial charge in [-0.15, -0.1) is 12.4 Å². The lowest BCUT2D eigenvalue weighted by Crippen LogP contribution is -2.29. The molecule has 1 aromatic heterocycles. The molecule has 1 aliphatic heterocycles. The summed E-state index contributed by atoms with van der Waals surface area (Å²) in [5.74, 6) is 0.702. The van der Waals surface area contributed by atoms with Gasteiger partial charge in [-0.25, -0.2) is 9.97 Å². The van der Waals surface area contributed by atoms with Crippen molar-refractivity contribution in [1.82, 2.24) is 9.97 Å². The highest BCUT2D eigenvalue weighted by Crippen LogP contribution is 2.31. The number of carbonyl (C=O) groups is 1. The fourth-order valence-corrected chi connectivity index (χ4v) is 3.05. The van der Waals surface area contributed by atoms with Gasteiger partial charge in [0, 0.05) is 12.1 Å². The number of carbonyl (C=O) groups excluding carboxylic acids is 1. The van der Waals surface area contributed by atoms with Crippen LogP contribution in [0.4, 0.5) is 5.82 Å². The number of nitrogens with one attached hydrogen (secondary N) is 1. The van der Waals surface area contributed by atoms with E-state index in [9.17, 15) is 4.79 Å². The largest absolute Gasteiger partial charge is 0.368 e. The molecule has 0 saturated carbocycles. The third kappa shape index (κ3) is 4.77. The molecule has 0 unspecified atom stereocenters. The number of ether oxygens (including phenoxy) is 1. The first-order valence-electron chi connectivity index (χ1n) is 8.40. The van der Waals surface area contributed by atoms with Crippen molar-refractivity contribution in [2.24, 2.45) is 0 Å². The zero-order valence-electron chi connectivity index (χ0n) is 14.6. The number of halogens is 1. The van der Waals surface area contributed by atoms with E-state index >= 15 is 0 Å². The van der Waals surface area contributed by atoms with Crippen molar-refractivity contribution in [3.63, 3.8) is 0 Å². The number of anilines is 1. The second-order valence-corrected chi connectivity index (χ2v) is 6.32. The minimum Gasteiger partial charge on any atom is -0.368 e. The first kappa shape index (κ1) is 19.3. The average molecular weight is 362 g/mol. The lowest BCUT2D eigenvalue weighted by Gasteiger charge is -2.31. The number of aldehydes is 1. The maximum Gasteiger partial charge on any atom is 0.168 e. The quantitative estimate of drug-likeness (QED) is 0.814. The third-order valence-corrected chi connectivity index (χ3v) is 4.53. The maximum absolute atomic E-state index is 11.0. The Kier molecular flexibility index (Phi) is 6.91. The minimum atomic E-state index is 0. The highest BCUT2D eigenvalue weighted by atomic mass is 35.5. The van der Waals surface area contributed by atoms with Gasteiger partial charge < -0.3 is 10.1 Å². The van der Waals surface area contributed by atoms with Crippen molar-refractivity contribution in [2.45, 2.75) is 45.3 Å². The molecule has 6 heteroatoms. The van der Waals surface area contributed by atoms with E-state index in [-0.39, 0.29) is 24.6 Å². The van der Waals surface area contributed by atoms with Crippen molar-refractivity contribution in [2.75, 3.05) is 11.9 Å². The van der Waals surface area contributed by atoms with Crippen LogP contribution in [0.1, 0.15) is 52.5 Å². The van der Waals surface area contributed by atoms with Gasteiger partial charge in [-0.2, -0.15) is 0 Å². The smallest absolute Gasteiger partial charge is 0.168 e. The lowest BCUT2D eigenvalue weighted by molar-refractivity contribution is -0.0442. The summed E-state index contributed by atoms with van der Waals surface area (Å²) in [5, 5.41) is 3.30. The average Bonchev–Trinajstić information content (AvgIpc) is 2.62. The fraction of sp³-hybridized carbons (Fsp3) is 0.421. The van der Waals surface area contributed by atoms with E-state index in [1.54, 1.807) is 0 Å². The van der Waals surface area contributed by atoms with Gasteiger partial charge in [0.2, 0.25) is 0 Å². The molecule has 3 rings (SSSR count). The van der Waals surface area contributed by atoms with Crippen molar-refractivity contribution in [1.29, 1.82) is 0 Å². The Morgan fingerprint density at radius 1 is 1.20 bits per heavy atom.